The van der Waals surface area contributed by atoms with E-state index in [-0.39, 0.29) is 17.2 Å². The maximum Gasteiger partial charge on any atom is 0.170 e. The Morgan fingerprint density at radius 3 is 2.94 bits per heavy atom. The average molecular weight is 267 g/mol. The number of benzene rings is 1. The third-order valence-corrected chi connectivity index (χ3v) is 2.95. The van der Waals surface area contributed by atoms with Crippen LogP contribution >= 0.6 is 11.6 Å². The van der Waals surface area contributed by atoms with Crippen molar-refractivity contribution in [2.24, 2.45) is 0 Å². The molecule has 0 saturated heterocycles. The number of nitrogens with zero attached hydrogens (tertiary/aromatic N) is 2. The first-order chi connectivity index (χ1) is 8.61. The van der Waals surface area contributed by atoms with E-state index in [4.69, 9.17) is 11.6 Å². The van der Waals surface area contributed by atoms with Crippen molar-refractivity contribution in [3.05, 3.63) is 52.6 Å². The molecular formula is C13H12ClFN2O. The normalized spacial score (nSPS) is 10.6. The van der Waals surface area contributed by atoms with Gasteiger partial charge in [-0.1, -0.05) is 23.7 Å². The lowest BCUT2D eigenvalue weighted by atomic mass is 10.1. The van der Waals surface area contributed by atoms with Gasteiger partial charge in [-0.15, -0.1) is 0 Å². The number of rotatable bonds is 4. The lowest BCUT2D eigenvalue weighted by Crippen LogP contribution is -2.04. The zero-order valence-corrected chi connectivity index (χ0v) is 10.6. The number of aryl methyl sites for hydroxylation is 1. The van der Waals surface area contributed by atoms with Crippen molar-refractivity contribution < 1.29 is 9.18 Å². The Labute approximate surface area is 109 Å². The molecule has 0 fully saturated rings. The molecule has 0 radical (unpaired) electrons. The Bertz CT molecular complexity index is 580. The lowest BCUT2D eigenvalue weighted by molar-refractivity contribution is 0.0992. The van der Waals surface area contributed by atoms with Crippen molar-refractivity contribution in [2.45, 2.75) is 19.9 Å². The highest BCUT2D eigenvalue weighted by molar-refractivity contribution is 6.30. The summed E-state index contributed by atoms with van der Waals surface area (Å²) in [6, 6.07) is 4.65. The number of Topliss-reactive ketones (excluding diaryl/α,β-unsaturated/α-hetero) is 1. The number of hydrogen-bond donors (Lipinski definition) is 0. The van der Waals surface area contributed by atoms with Crippen molar-refractivity contribution in [1.29, 1.82) is 0 Å². The van der Waals surface area contributed by atoms with E-state index >= 15 is 0 Å². The second kappa shape index (κ2) is 5.31. The van der Waals surface area contributed by atoms with Crippen molar-refractivity contribution in [2.75, 3.05) is 0 Å². The van der Waals surface area contributed by atoms with Crippen LogP contribution in [0.25, 0.3) is 0 Å². The molecule has 1 aromatic carbocycles. The van der Waals surface area contributed by atoms with E-state index in [1.165, 1.54) is 12.3 Å². The minimum absolute atomic E-state index is 0.0121. The van der Waals surface area contributed by atoms with Gasteiger partial charge in [-0.3, -0.25) is 9.48 Å². The number of carbonyl (C=O) groups excluding carboxylic acids is 1. The largest absolute Gasteiger partial charge is 0.294 e. The van der Waals surface area contributed by atoms with Crippen LogP contribution in [0.15, 0.2) is 30.6 Å². The van der Waals surface area contributed by atoms with Crippen LogP contribution in [0.3, 0.4) is 0 Å². The summed E-state index contributed by atoms with van der Waals surface area (Å²) in [5, 5.41) is 4.05. The maximum absolute atomic E-state index is 13.6. The standard InChI is InChI=1S/C13H12ClFN2O/c1-2-17-8-10(7-16-17)12(18)6-9-4-3-5-11(14)13(9)15/h3-5,7-8H,2,6H2,1H3. The average Bonchev–Trinajstić information content (AvgIpc) is 2.83. The summed E-state index contributed by atoms with van der Waals surface area (Å²) < 4.78 is 15.3. The zero-order chi connectivity index (χ0) is 13.1. The number of carbonyl (C=O) groups is 1. The van der Waals surface area contributed by atoms with Crippen LogP contribution in [0.2, 0.25) is 5.02 Å². The van der Waals surface area contributed by atoms with Crippen LogP contribution in [-0.2, 0) is 13.0 Å². The van der Waals surface area contributed by atoms with E-state index in [9.17, 15) is 9.18 Å². The van der Waals surface area contributed by atoms with Gasteiger partial charge in [-0.25, -0.2) is 4.39 Å². The Kier molecular flexibility index (Phi) is 3.77. The topological polar surface area (TPSA) is 34.9 Å². The molecule has 94 valence electrons. The summed E-state index contributed by atoms with van der Waals surface area (Å²) in [6.07, 6.45) is 3.14. The monoisotopic (exact) mass is 266 g/mol. The predicted molar refractivity (Wildman–Crippen MR) is 67.3 cm³/mol. The van der Waals surface area contributed by atoms with E-state index in [1.807, 2.05) is 6.92 Å². The van der Waals surface area contributed by atoms with E-state index in [0.717, 1.165) is 0 Å². The molecule has 0 N–H and O–H groups in total. The van der Waals surface area contributed by atoms with E-state index in [1.54, 1.807) is 23.0 Å². The molecule has 18 heavy (non-hydrogen) atoms. The minimum Gasteiger partial charge on any atom is -0.294 e. The molecule has 0 spiro atoms. The molecule has 0 aliphatic carbocycles. The third kappa shape index (κ3) is 2.59. The van der Waals surface area contributed by atoms with Crippen molar-refractivity contribution in [1.82, 2.24) is 9.78 Å². The van der Waals surface area contributed by atoms with Crippen LogP contribution in [0.5, 0.6) is 0 Å². The molecule has 1 aromatic heterocycles. The second-order valence-electron chi connectivity index (χ2n) is 3.90. The molecule has 5 heteroatoms. The van der Waals surface area contributed by atoms with Crippen molar-refractivity contribution in [3.8, 4) is 0 Å². The summed E-state index contributed by atoms with van der Waals surface area (Å²) in [5.41, 5.74) is 0.785. The van der Waals surface area contributed by atoms with Gasteiger partial charge in [0.25, 0.3) is 0 Å². The van der Waals surface area contributed by atoms with Gasteiger partial charge in [0.2, 0.25) is 0 Å². The molecule has 0 aliphatic rings. The van der Waals surface area contributed by atoms with Crippen LogP contribution in [-0.4, -0.2) is 15.6 Å². The molecule has 2 aromatic rings. The SMILES string of the molecule is CCn1cc(C(=O)Cc2cccc(Cl)c2F)cn1. The van der Waals surface area contributed by atoms with Gasteiger partial charge in [0, 0.05) is 19.2 Å². The second-order valence-corrected chi connectivity index (χ2v) is 4.30. The fraction of sp³-hybridized carbons (Fsp3) is 0.231. The fourth-order valence-corrected chi connectivity index (χ4v) is 1.83. The Morgan fingerprint density at radius 1 is 1.50 bits per heavy atom. The highest BCUT2D eigenvalue weighted by Crippen LogP contribution is 2.19. The molecule has 0 unspecified atom stereocenters. The van der Waals surface area contributed by atoms with Gasteiger partial charge in [0.15, 0.2) is 5.78 Å². The molecule has 0 atom stereocenters. The Hall–Kier alpha value is -1.68. The smallest absolute Gasteiger partial charge is 0.170 e. The lowest BCUT2D eigenvalue weighted by Gasteiger charge is -2.02. The molecule has 0 saturated carbocycles. The number of aromatic nitrogens is 2. The van der Waals surface area contributed by atoms with Gasteiger partial charge >= 0.3 is 0 Å². The first kappa shape index (κ1) is 12.8. The molecular weight excluding hydrogens is 255 g/mol. The maximum atomic E-state index is 13.6. The summed E-state index contributed by atoms with van der Waals surface area (Å²) in [5.74, 6) is -0.703. The summed E-state index contributed by atoms with van der Waals surface area (Å²) in [7, 11) is 0. The molecule has 3 nitrogen and oxygen atoms in total. The van der Waals surface area contributed by atoms with E-state index in [0.29, 0.717) is 17.7 Å². The first-order valence-corrected chi connectivity index (χ1v) is 5.98. The van der Waals surface area contributed by atoms with Crippen LogP contribution in [0.4, 0.5) is 4.39 Å². The molecule has 0 amide bonds. The Morgan fingerprint density at radius 2 is 2.28 bits per heavy atom. The highest BCUT2D eigenvalue weighted by atomic mass is 35.5. The van der Waals surface area contributed by atoms with Crippen LogP contribution in [0.1, 0.15) is 22.8 Å². The van der Waals surface area contributed by atoms with E-state index in [2.05, 4.69) is 5.10 Å². The first-order valence-electron chi connectivity index (χ1n) is 5.60. The molecule has 1 heterocycles. The third-order valence-electron chi connectivity index (χ3n) is 2.66. The molecule has 0 aliphatic heterocycles. The van der Waals surface area contributed by atoms with Crippen molar-refractivity contribution >= 4 is 17.4 Å². The van der Waals surface area contributed by atoms with Gasteiger partial charge < -0.3 is 0 Å². The zero-order valence-electron chi connectivity index (χ0n) is 9.86. The summed E-state index contributed by atoms with van der Waals surface area (Å²) in [6.45, 7) is 2.62. The fourth-order valence-electron chi connectivity index (χ4n) is 1.64. The minimum atomic E-state index is -0.532. The van der Waals surface area contributed by atoms with Gasteiger partial charge in [-0.05, 0) is 18.6 Å². The number of halogens is 2. The predicted octanol–water partition coefficient (Wildman–Crippen LogP) is 3.12. The van der Waals surface area contributed by atoms with E-state index < -0.39 is 5.82 Å². The van der Waals surface area contributed by atoms with Gasteiger partial charge in [-0.2, -0.15) is 5.10 Å². The summed E-state index contributed by atoms with van der Waals surface area (Å²) >= 11 is 5.67. The number of ketones is 1. The van der Waals surface area contributed by atoms with Gasteiger partial charge in [0.05, 0.1) is 16.8 Å². The van der Waals surface area contributed by atoms with Crippen LogP contribution in [0, 0.1) is 5.82 Å². The number of hydrogen-bond acceptors (Lipinski definition) is 2. The van der Waals surface area contributed by atoms with Crippen LogP contribution < -0.4 is 0 Å². The quantitative estimate of drug-likeness (QED) is 0.797. The van der Waals surface area contributed by atoms with Crippen molar-refractivity contribution in [3.63, 3.8) is 0 Å². The molecule has 2 rings (SSSR count). The molecule has 0 bridgehead atoms. The highest BCUT2D eigenvalue weighted by Gasteiger charge is 2.13. The Balaban J connectivity index is 2.18. The van der Waals surface area contributed by atoms with Gasteiger partial charge in [0.1, 0.15) is 5.82 Å². The summed E-state index contributed by atoms with van der Waals surface area (Å²) in [4.78, 5) is 11.9.